The van der Waals surface area contributed by atoms with Gasteiger partial charge >= 0.3 is 0 Å². The van der Waals surface area contributed by atoms with Crippen LogP contribution in [0.1, 0.15) is 5.56 Å². The summed E-state index contributed by atoms with van der Waals surface area (Å²) in [4.78, 5) is 0. The molecule has 1 aliphatic rings. The first-order valence-electron chi connectivity index (χ1n) is 5.26. The monoisotopic (exact) mass is 278 g/mol. The van der Waals surface area contributed by atoms with Gasteiger partial charge in [-0.2, -0.15) is 0 Å². The van der Waals surface area contributed by atoms with E-state index in [-0.39, 0.29) is 6.10 Å². The van der Waals surface area contributed by atoms with Crippen LogP contribution in [0.2, 0.25) is 0 Å². The molecule has 1 N–H and O–H groups in total. The molecule has 1 atom stereocenters. The van der Waals surface area contributed by atoms with Gasteiger partial charge in [0.25, 0.3) is 0 Å². The van der Waals surface area contributed by atoms with Crippen LogP contribution in [0.25, 0.3) is 10.8 Å². The Hall–Kier alpha value is -1.06. The van der Waals surface area contributed by atoms with E-state index in [1.165, 1.54) is 10.8 Å². The molecule has 0 saturated heterocycles. The van der Waals surface area contributed by atoms with Crippen LogP contribution in [0.5, 0.6) is 5.75 Å². The maximum absolute atomic E-state index is 9.64. The lowest BCUT2D eigenvalue weighted by atomic mass is 9.97. The van der Waals surface area contributed by atoms with E-state index in [9.17, 15) is 5.11 Å². The number of halogens is 1. The van der Waals surface area contributed by atoms with E-state index in [2.05, 4.69) is 34.1 Å². The van der Waals surface area contributed by atoms with E-state index in [1.54, 1.807) is 0 Å². The zero-order valence-electron chi connectivity index (χ0n) is 8.61. The lowest BCUT2D eigenvalue weighted by Crippen LogP contribution is -2.25. The van der Waals surface area contributed by atoms with E-state index < -0.39 is 0 Å². The van der Waals surface area contributed by atoms with Gasteiger partial charge in [0.2, 0.25) is 0 Å². The molecule has 2 aromatic rings. The van der Waals surface area contributed by atoms with Crippen molar-refractivity contribution in [2.75, 3.05) is 6.61 Å². The normalized spacial score (nSPS) is 19.2. The predicted molar refractivity (Wildman–Crippen MR) is 66.9 cm³/mol. The summed E-state index contributed by atoms with van der Waals surface area (Å²) in [5.41, 5.74) is 1.11. The second-order valence-corrected chi connectivity index (χ2v) is 4.99. The quantitative estimate of drug-likeness (QED) is 0.803. The second-order valence-electron chi connectivity index (χ2n) is 4.08. The molecule has 0 radical (unpaired) electrons. The lowest BCUT2D eigenvalue weighted by molar-refractivity contribution is 0.0928. The van der Waals surface area contributed by atoms with Crippen molar-refractivity contribution in [3.8, 4) is 5.75 Å². The van der Waals surface area contributed by atoms with E-state index in [0.717, 1.165) is 15.8 Å². The number of aliphatic hydroxyl groups excluding tert-OH is 1. The van der Waals surface area contributed by atoms with Gasteiger partial charge in [0, 0.05) is 16.5 Å². The van der Waals surface area contributed by atoms with E-state index in [1.807, 2.05) is 12.1 Å². The maximum Gasteiger partial charge on any atom is 0.123 e. The van der Waals surface area contributed by atoms with Crippen molar-refractivity contribution in [3.63, 3.8) is 0 Å². The molecule has 1 aliphatic heterocycles. The Morgan fingerprint density at radius 3 is 3.00 bits per heavy atom. The third kappa shape index (κ3) is 1.60. The van der Waals surface area contributed by atoms with Crippen molar-refractivity contribution >= 4 is 26.7 Å². The maximum atomic E-state index is 9.64. The summed E-state index contributed by atoms with van der Waals surface area (Å²) in [6, 6.07) is 10.2. The Balaban J connectivity index is 2.26. The SMILES string of the molecule is O[C@H]1COc2ccc3cc(Br)ccc3c2C1. The van der Waals surface area contributed by atoms with Gasteiger partial charge in [0.05, 0.1) is 6.10 Å². The smallest absolute Gasteiger partial charge is 0.123 e. The number of hydrogen-bond acceptors (Lipinski definition) is 2. The molecule has 3 heteroatoms. The summed E-state index contributed by atoms with van der Waals surface area (Å²) >= 11 is 3.46. The largest absolute Gasteiger partial charge is 0.491 e. The van der Waals surface area contributed by atoms with Gasteiger partial charge < -0.3 is 9.84 Å². The molecule has 2 aromatic carbocycles. The highest BCUT2D eigenvalue weighted by molar-refractivity contribution is 9.10. The number of ether oxygens (including phenoxy) is 1. The number of rotatable bonds is 0. The zero-order valence-corrected chi connectivity index (χ0v) is 10.2. The third-order valence-corrected chi connectivity index (χ3v) is 3.41. The molecular formula is C13H11BrO2. The summed E-state index contributed by atoms with van der Waals surface area (Å²) in [6.45, 7) is 0.398. The lowest BCUT2D eigenvalue weighted by Gasteiger charge is -2.23. The van der Waals surface area contributed by atoms with Crippen LogP contribution in [0.3, 0.4) is 0 Å². The molecule has 1 heterocycles. The first kappa shape index (κ1) is 10.1. The molecule has 0 spiro atoms. The molecule has 0 unspecified atom stereocenters. The number of benzene rings is 2. The van der Waals surface area contributed by atoms with Crippen LogP contribution in [0.15, 0.2) is 34.8 Å². The average Bonchev–Trinajstić information content (AvgIpc) is 2.28. The van der Waals surface area contributed by atoms with Crippen molar-refractivity contribution in [2.24, 2.45) is 0 Å². The van der Waals surface area contributed by atoms with Crippen molar-refractivity contribution in [2.45, 2.75) is 12.5 Å². The van der Waals surface area contributed by atoms with Crippen molar-refractivity contribution in [3.05, 3.63) is 40.4 Å². The minimum Gasteiger partial charge on any atom is -0.491 e. The highest BCUT2D eigenvalue weighted by Gasteiger charge is 2.19. The molecule has 0 saturated carbocycles. The Bertz CT molecular complexity index is 551. The summed E-state index contributed by atoms with van der Waals surface area (Å²) < 4.78 is 6.58. The highest BCUT2D eigenvalue weighted by atomic mass is 79.9. The fourth-order valence-corrected chi connectivity index (χ4v) is 2.55. The molecule has 2 nitrogen and oxygen atoms in total. The van der Waals surface area contributed by atoms with Gasteiger partial charge in [-0.1, -0.05) is 28.1 Å². The Morgan fingerprint density at radius 1 is 1.25 bits per heavy atom. The van der Waals surface area contributed by atoms with Gasteiger partial charge in [-0.25, -0.2) is 0 Å². The molecule has 0 amide bonds. The minimum atomic E-state index is -0.387. The molecule has 0 aromatic heterocycles. The number of hydrogen-bond donors (Lipinski definition) is 1. The summed E-state index contributed by atoms with van der Waals surface area (Å²) in [5.74, 6) is 0.903. The van der Waals surface area contributed by atoms with E-state index in [0.29, 0.717) is 13.0 Å². The van der Waals surface area contributed by atoms with Crippen molar-refractivity contribution in [1.29, 1.82) is 0 Å². The van der Waals surface area contributed by atoms with Crippen LogP contribution in [-0.2, 0) is 6.42 Å². The van der Waals surface area contributed by atoms with Gasteiger partial charge in [0.1, 0.15) is 12.4 Å². The third-order valence-electron chi connectivity index (χ3n) is 2.92. The fraction of sp³-hybridized carbons (Fsp3) is 0.231. The van der Waals surface area contributed by atoms with Gasteiger partial charge in [0.15, 0.2) is 0 Å². The van der Waals surface area contributed by atoms with Crippen LogP contribution in [0, 0.1) is 0 Å². The highest BCUT2D eigenvalue weighted by Crippen LogP contribution is 2.33. The zero-order chi connectivity index (χ0) is 11.1. The summed E-state index contributed by atoms with van der Waals surface area (Å²) in [6.07, 6.45) is 0.288. The summed E-state index contributed by atoms with van der Waals surface area (Å²) in [5, 5.41) is 12.0. The van der Waals surface area contributed by atoms with Gasteiger partial charge in [-0.3, -0.25) is 0 Å². The molecule has 16 heavy (non-hydrogen) atoms. The minimum absolute atomic E-state index is 0.387. The Kier molecular flexibility index (Phi) is 2.37. The average molecular weight is 279 g/mol. The first-order valence-corrected chi connectivity index (χ1v) is 6.05. The first-order chi connectivity index (χ1) is 7.74. The topological polar surface area (TPSA) is 29.5 Å². The van der Waals surface area contributed by atoms with Gasteiger partial charge in [-0.15, -0.1) is 0 Å². The fourth-order valence-electron chi connectivity index (χ4n) is 2.17. The van der Waals surface area contributed by atoms with Crippen molar-refractivity contribution in [1.82, 2.24) is 0 Å². The number of aliphatic hydroxyl groups is 1. The van der Waals surface area contributed by atoms with Crippen molar-refractivity contribution < 1.29 is 9.84 Å². The molecule has 0 aliphatic carbocycles. The van der Waals surface area contributed by atoms with Gasteiger partial charge in [-0.05, 0) is 29.0 Å². The molecule has 3 rings (SSSR count). The van der Waals surface area contributed by atoms with E-state index >= 15 is 0 Å². The second kappa shape index (κ2) is 3.75. The predicted octanol–water partition coefficient (Wildman–Crippen LogP) is 2.90. The van der Waals surface area contributed by atoms with Crippen LogP contribution >= 0.6 is 15.9 Å². The summed E-state index contributed by atoms with van der Waals surface area (Å²) in [7, 11) is 0. The Morgan fingerprint density at radius 2 is 2.12 bits per heavy atom. The molecule has 0 bridgehead atoms. The molecular weight excluding hydrogens is 268 g/mol. The standard InChI is InChI=1S/C13H11BrO2/c14-9-2-3-11-8(5-9)1-4-13-12(11)6-10(15)7-16-13/h1-5,10,15H,6-7H2/t10-/m1/s1. The van der Waals surface area contributed by atoms with Crippen LogP contribution in [0.4, 0.5) is 0 Å². The molecule has 0 fully saturated rings. The van der Waals surface area contributed by atoms with Crippen LogP contribution < -0.4 is 4.74 Å². The van der Waals surface area contributed by atoms with E-state index in [4.69, 9.17) is 4.74 Å². The number of fused-ring (bicyclic) bond motifs is 3. The Labute approximate surface area is 102 Å². The van der Waals surface area contributed by atoms with Crippen LogP contribution in [-0.4, -0.2) is 17.8 Å². The molecule has 82 valence electrons.